The standard InChI is InChI=1S/C18H23N3O4/c1-11(22)19-10-15(13-5-3-4-6-16(13)24-2)20-18(23)17-9-14(21-25-17)12-7-8-12/h3-6,12,15,17H,7-10H2,1-2H3,(H,19,22)(H,20,23). The maximum absolute atomic E-state index is 12.6. The van der Waals surface area contributed by atoms with Crippen molar-refractivity contribution in [2.24, 2.45) is 11.1 Å². The molecule has 2 amide bonds. The third-order valence-corrected chi connectivity index (χ3v) is 4.42. The van der Waals surface area contributed by atoms with Crippen LogP contribution in [0.25, 0.3) is 0 Å². The van der Waals surface area contributed by atoms with Crippen molar-refractivity contribution >= 4 is 17.5 Å². The first-order chi connectivity index (χ1) is 12.1. The molecule has 0 bridgehead atoms. The molecule has 2 aliphatic rings. The number of nitrogens with zero attached hydrogens (tertiary/aromatic N) is 1. The van der Waals surface area contributed by atoms with Gasteiger partial charge in [-0.25, -0.2) is 0 Å². The van der Waals surface area contributed by atoms with E-state index in [4.69, 9.17) is 9.57 Å². The summed E-state index contributed by atoms with van der Waals surface area (Å²) in [5.41, 5.74) is 1.78. The lowest BCUT2D eigenvalue weighted by Gasteiger charge is -2.22. The lowest BCUT2D eigenvalue weighted by Crippen LogP contribution is -2.42. The van der Waals surface area contributed by atoms with Crippen molar-refractivity contribution in [3.63, 3.8) is 0 Å². The normalized spacial score (nSPS) is 20.2. The molecule has 7 heteroatoms. The van der Waals surface area contributed by atoms with E-state index in [0.29, 0.717) is 18.1 Å². The average molecular weight is 345 g/mol. The van der Waals surface area contributed by atoms with Gasteiger partial charge in [0.25, 0.3) is 5.91 Å². The van der Waals surface area contributed by atoms with Gasteiger partial charge in [0.15, 0.2) is 0 Å². The fourth-order valence-corrected chi connectivity index (χ4v) is 2.90. The smallest absolute Gasteiger partial charge is 0.264 e. The minimum atomic E-state index is -0.606. The van der Waals surface area contributed by atoms with Crippen LogP contribution >= 0.6 is 0 Å². The molecule has 25 heavy (non-hydrogen) atoms. The van der Waals surface area contributed by atoms with Gasteiger partial charge in [0.2, 0.25) is 12.0 Å². The molecule has 1 heterocycles. The van der Waals surface area contributed by atoms with E-state index in [1.807, 2.05) is 24.3 Å². The Morgan fingerprint density at radius 1 is 1.36 bits per heavy atom. The maximum Gasteiger partial charge on any atom is 0.264 e. The molecule has 3 rings (SSSR count). The lowest BCUT2D eigenvalue weighted by molar-refractivity contribution is -0.132. The van der Waals surface area contributed by atoms with Gasteiger partial charge in [-0.15, -0.1) is 0 Å². The maximum atomic E-state index is 12.6. The van der Waals surface area contributed by atoms with E-state index < -0.39 is 12.1 Å². The Bertz CT molecular complexity index is 685. The Morgan fingerprint density at radius 2 is 2.12 bits per heavy atom. The van der Waals surface area contributed by atoms with Gasteiger partial charge in [-0.1, -0.05) is 23.4 Å². The average Bonchev–Trinajstić information content (AvgIpc) is 3.35. The molecule has 1 fully saturated rings. The van der Waals surface area contributed by atoms with E-state index in [2.05, 4.69) is 15.8 Å². The van der Waals surface area contributed by atoms with Crippen LogP contribution in [0.3, 0.4) is 0 Å². The van der Waals surface area contributed by atoms with Crippen LogP contribution in [0.1, 0.15) is 37.8 Å². The largest absolute Gasteiger partial charge is 0.496 e. The number of oxime groups is 1. The van der Waals surface area contributed by atoms with E-state index in [1.165, 1.54) is 6.92 Å². The number of ether oxygens (including phenoxy) is 1. The molecule has 0 spiro atoms. The van der Waals surface area contributed by atoms with Gasteiger partial charge in [0.05, 0.1) is 18.9 Å². The monoisotopic (exact) mass is 345 g/mol. The predicted molar refractivity (Wildman–Crippen MR) is 92.2 cm³/mol. The molecule has 1 saturated carbocycles. The van der Waals surface area contributed by atoms with Crippen LogP contribution in [0.4, 0.5) is 0 Å². The molecule has 2 N–H and O–H groups in total. The van der Waals surface area contributed by atoms with Crippen molar-refractivity contribution in [2.75, 3.05) is 13.7 Å². The molecular formula is C18H23N3O4. The number of para-hydroxylation sites is 1. The molecule has 0 saturated heterocycles. The molecule has 7 nitrogen and oxygen atoms in total. The predicted octanol–water partition coefficient (Wildman–Crippen LogP) is 1.54. The van der Waals surface area contributed by atoms with Gasteiger partial charge in [-0.05, 0) is 18.9 Å². The SMILES string of the molecule is COc1ccccc1C(CNC(C)=O)NC(=O)C1CC(C2CC2)=NO1. The summed E-state index contributed by atoms with van der Waals surface area (Å²) < 4.78 is 5.38. The first-order valence-corrected chi connectivity index (χ1v) is 8.48. The number of benzene rings is 1. The van der Waals surface area contributed by atoms with Crippen LogP contribution in [0.15, 0.2) is 29.4 Å². The highest BCUT2D eigenvalue weighted by Crippen LogP contribution is 2.35. The zero-order valence-electron chi connectivity index (χ0n) is 14.5. The topological polar surface area (TPSA) is 89.0 Å². The highest BCUT2D eigenvalue weighted by atomic mass is 16.6. The van der Waals surface area contributed by atoms with Crippen LogP contribution in [0.2, 0.25) is 0 Å². The molecule has 1 aromatic rings. The molecule has 2 unspecified atom stereocenters. The highest BCUT2D eigenvalue weighted by molar-refractivity contribution is 5.95. The van der Waals surface area contributed by atoms with Crippen molar-refractivity contribution in [1.82, 2.24) is 10.6 Å². The first-order valence-electron chi connectivity index (χ1n) is 8.48. The number of hydrogen-bond donors (Lipinski definition) is 2. The van der Waals surface area contributed by atoms with Crippen LogP contribution < -0.4 is 15.4 Å². The van der Waals surface area contributed by atoms with Crippen LogP contribution in [-0.2, 0) is 14.4 Å². The molecule has 134 valence electrons. The minimum absolute atomic E-state index is 0.161. The summed E-state index contributed by atoms with van der Waals surface area (Å²) in [6, 6.07) is 7.00. The third-order valence-electron chi connectivity index (χ3n) is 4.42. The Hall–Kier alpha value is -2.57. The summed E-state index contributed by atoms with van der Waals surface area (Å²) in [6.07, 6.45) is 2.19. The van der Waals surface area contributed by atoms with Crippen molar-refractivity contribution in [2.45, 2.75) is 38.3 Å². The summed E-state index contributed by atoms with van der Waals surface area (Å²) in [7, 11) is 1.58. The zero-order valence-corrected chi connectivity index (χ0v) is 14.5. The Morgan fingerprint density at radius 3 is 2.80 bits per heavy atom. The van der Waals surface area contributed by atoms with Crippen LogP contribution in [-0.4, -0.2) is 37.3 Å². The quantitative estimate of drug-likeness (QED) is 0.784. The summed E-state index contributed by atoms with van der Waals surface area (Å²) >= 11 is 0. The van der Waals surface area contributed by atoms with Gasteiger partial charge >= 0.3 is 0 Å². The second-order valence-corrected chi connectivity index (χ2v) is 6.40. The van der Waals surface area contributed by atoms with Crippen LogP contribution in [0, 0.1) is 5.92 Å². The van der Waals surface area contributed by atoms with E-state index in [0.717, 1.165) is 24.1 Å². The van der Waals surface area contributed by atoms with Gasteiger partial charge in [-0.3, -0.25) is 9.59 Å². The lowest BCUT2D eigenvalue weighted by atomic mass is 10.0. The molecule has 0 aromatic heterocycles. The summed E-state index contributed by atoms with van der Waals surface area (Å²) in [5, 5.41) is 9.75. The van der Waals surface area contributed by atoms with Crippen molar-refractivity contribution in [3.05, 3.63) is 29.8 Å². The Labute approximate surface area is 146 Å². The fourth-order valence-electron chi connectivity index (χ4n) is 2.90. The first kappa shape index (κ1) is 17.3. The van der Waals surface area contributed by atoms with Crippen LogP contribution in [0.5, 0.6) is 5.75 Å². The van der Waals surface area contributed by atoms with Gasteiger partial charge in [0, 0.05) is 31.4 Å². The molecule has 1 aliphatic carbocycles. The number of amides is 2. The zero-order chi connectivity index (χ0) is 17.8. The third kappa shape index (κ3) is 4.29. The van der Waals surface area contributed by atoms with Crippen molar-refractivity contribution in [3.8, 4) is 5.75 Å². The van der Waals surface area contributed by atoms with Gasteiger partial charge in [-0.2, -0.15) is 0 Å². The number of carbonyl (C=O) groups excluding carboxylic acids is 2. The Balaban J connectivity index is 1.68. The summed E-state index contributed by atoms with van der Waals surface area (Å²) in [5.74, 6) is 0.744. The van der Waals surface area contributed by atoms with Crippen molar-refractivity contribution in [1.29, 1.82) is 0 Å². The molecule has 1 aliphatic heterocycles. The summed E-state index contributed by atoms with van der Waals surface area (Å²) in [4.78, 5) is 29.2. The number of methoxy groups -OCH3 is 1. The fraction of sp³-hybridized carbons (Fsp3) is 0.500. The number of hydrogen-bond acceptors (Lipinski definition) is 5. The number of carbonyl (C=O) groups is 2. The van der Waals surface area contributed by atoms with E-state index in [9.17, 15) is 9.59 Å². The van der Waals surface area contributed by atoms with E-state index in [1.54, 1.807) is 7.11 Å². The second kappa shape index (κ2) is 7.55. The van der Waals surface area contributed by atoms with Gasteiger partial charge in [0.1, 0.15) is 5.75 Å². The summed E-state index contributed by atoms with van der Waals surface area (Å²) in [6.45, 7) is 1.71. The van der Waals surface area contributed by atoms with Gasteiger partial charge < -0.3 is 20.2 Å². The van der Waals surface area contributed by atoms with Crippen molar-refractivity contribution < 1.29 is 19.2 Å². The van der Waals surface area contributed by atoms with E-state index in [-0.39, 0.29) is 18.4 Å². The molecular weight excluding hydrogens is 322 g/mol. The number of nitrogens with one attached hydrogen (secondary N) is 2. The van der Waals surface area contributed by atoms with E-state index >= 15 is 0 Å². The number of rotatable bonds is 7. The highest BCUT2D eigenvalue weighted by Gasteiger charge is 2.37. The second-order valence-electron chi connectivity index (χ2n) is 6.40. The molecule has 1 aromatic carbocycles. The Kier molecular flexibility index (Phi) is 5.21. The minimum Gasteiger partial charge on any atom is -0.496 e. The molecule has 0 radical (unpaired) electrons. The molecule has 2 atom stereocenters.